The van der Waals surface area contributed by atoms with Crippen molar-refractivity contribution in [3.05, 3.63) is 59.2 Å². The molecular weight excluding hydrogens is 264 g/mol. The Morgan fingerprint density at radius 3 is 2.45 bits per heavy atom. The van der Waals surface area contributed by atoms with E-state index in [4.69, 9.17) is 15.2 Å². The first kappa shape index (κ1) is 12.9. The van der Waals surface area contributed by atoms with Crippen LogP contribution in [0.2, 0.25) is 0 Å². The van der Waals surface area contributed by atoms with Crippen LogP contribution in [0.3, 0.4) is 0 Å². The molecule has 0 aliphatic carbocycles. The minimum atomic E-state index is -0.688. The van der Waals surface area contributed by atoms with Gasteiger partial charge >= 0.3 is 0 Å². The minimum Gasteiger partial charge on any atom is -0.486 e. The molecule has 0 fully saturated rings. The molecule has 1 atom stereocenters. The van der Waals surface area contributed by atoms with Gasteiger partial charge in [0.2, 0.25) is 0 Å². The summed E-state index contributed by atoms with van der Waals surface area (Å²) < 4.78 is 37.5. The van der Waals surface area contributed by atoms with E-state index in [1.165, 1.54) is 12.1 Å². The zero-order chi connectivity index (χ0) is 14.1. The van der Waals surface area contributed by atoms with Crippen molar-refractivity contribution in [2.75, 3.05) is 13.2 Å². The van der Waals surface area contributed by atoms with Crippen molar-refractivity contribution in [3.63, 3.8) is 0 Å². The first-order chi connectivity index (χ1) is 9.65. The molecule has 3 rings (SSSR count). The summed E-state index contributed by atoms with van der Waals surface area (Å²) in [5, 5.41) is 0. The number of hydrogen-bond acceptors (Lipinski definition) is 3. The molecule has 104 valence electrons. The molecule has 0 bridgehead atoms. The normalized spacial score (nSPS) is 14.9. The molecule has 1 aliphatic rings. The summed E-state index contributed by atoms with van der Waals surface area (Å²) in [6.07, 6.45) is 0. The molecule has 0 aromatic heterocycles. The van der Waals surface area contributed by atoms with E-state index in [1.54, 1.807) is 18.2 Å². The molecule has 2 N–H and O–H groups in total. The second-order valence-corrected chi connectivity index (χ2v) is 4.55. The second-order valence-electron chi connectivity index (χ2n) is 4.55. The van der Waals surface area contributed by atoms with Gasteiger partial charge in [0, 0.05) is 11.6 Å². The van der Waals surface area contributed by atoms with Crippen LogP contribution in [0.5, 0.6) is 11.5 Å². The van der Waals surface area contributed by atoms with Crippen LogP contribution in [0.25, 0.3) is 0 Å². The van der Waals surface area contributed by atoms with Gasteiger partial charge < -0.3 is 15.2 Å². The van der Waals surface area contributed by atoms with Gasteiger partial charge in [-0.1, -0.05) is 12.1 Å². The standard InChI is InChI=1S/C15H13F2NO2/c16-10-2-3-11(12(17)8-10)15(18)9-1-4-13-14(7-9)20-6-5-19-13/h1-4,7-8,15H,5-6,18H2. The number of benzene rings is 2. The summed E-state index contributed by atoms with van der Waals surface area (Å²) in [6, 6.07) is 7.90. The monoisotopic (exact) mass is 277 g/mol. The van der Waals surface area contributed by atoms with E-state index in [-0.39, 0.29) is 5.56 Å². The van der Waals surface area contributed by atoms with Crippen LogP contribution < -0.4 is 15.2 Å². The van der Waals surface area contributed by atoms with Crippen molar-refractivity contribution >= 4 is 0 Å². The van der Waals surface area contributed by atoms with Gasteiger partial charge in [0.05, 0.1) is 6.04 Å². The number of nitrogens with two attached hydrogens (primary N) is 1. The lowest BCUT2D eigenvalue weighted by Gasteiger charge is -2.21. The number of hydrogen-bond donors (Lipinski definition) is 1. The zero-order valence-corrected chi connectivity index (χ0v) is 10.6. The molecule has 3 nitrogen and oxygen atoms in total. The molecule has 1 heterocycles. The number of halogens is 2. The maximum absolute atomic E-state index is 13.7. The van der Waals surface area contributed by atoms with E-state index in [0.717, 1.165) is 6.07 Å². The molecule has 0 saturated heterocycles. The summed E-state index contributed by atoms with van der Waals surface area (Å²) >= 11 is 0. The summed E-state index contributed by atoms with van der Waals surface area (Å²) in [5.74, 6) is -0.0495. The van der Waals surface area contributed by atoms with Crippen LogP contribution in [0.4, 0.5) is 8.78 Å². The van der Waals surface area contributed by atoms with Crippen LogP contribution in [0.15, 0.2) is 36.4 Å². The van der Waals surface area contributed by atoms with E-state index in [1.807, 2.05) is 0 Å². The van der Waals surface area contributed by atoms with E-state index in [0.29, 0.717) is 30.3 Å². The van der Waals surface area contributed by atoms with Gasteiger partial charge in [0.15, 0.2) is 11.5 Å². The lowest BCUT2D eigenvalue weighted by molar-refractivity contribution is 0.171. The van der Waals surface area contributed by atoms with Crippen LogP contribution in [0, 0.1) is 11.6 Å². The Hall–Kier alpha value is -2.14. The predicted octanol–water partition coefficient (Wildman–Crippen LogP) is 2.78. The highest BCUT2D eigenvalue weighted by Gasteiger charge is 2.18. The van der Waals surface area contributed by atoms with Crippen molar-refractivity contribution in [1.29, 1.82) is 0 Å². The summed E-state index contributed by atoms with van der Waals surface area (Å²) in [6.45, 7) is 0.974. The van der Waals surface area contributed by atoms with Crippen molar-refractivity contribution in [2.45, 2.75) is 6.04 Å². The smallest absolute Gasteiger partial charge is 0.161 e. The molecule has 5 heteroatoms. The first-order valence-corrected chi connectivity index (χ1v) is 6.25. The molecule has 0 spiro atoms. The van der Waals surface area contributed by atoms with E-state index in [2.05, 4.69) is 0 Å². The third-order valence-corrected chi connectivity index (χ3v) is 3.22. The molecule has 2 aromatic carbocycles. The average Bonchev–Trinajstić information content (AvgIpc) is 2.46. The quantitative estimate of drug-likeness (QED) is 0.918. The largest absolute Gasteiger partial charge is 0.486 e. The van der Waals surface area contributed by atoms with Crippen LogP contribution in [-0.4, -0.2) is 13.2 Å². The van der Waals surface area contributed by atoms with Gasteiger partial charge in [0.25, 0.3) is 0 Å². The minimum absolute atomic E-state index is 0.239. The van der Waals surface area contributed by atoms with E-state index >= 15 is 0 Å². The fourth-order valence-corrected chi connectivity index (χ4v) is 2.19. The van der Waals surface area contributed by atoms with Gasteiger partial charge in [0.1, 0.15) is 24.8 Å². The molecule has 1 aliphatic heterocycles. The molecule has 0 amide bonds. The van der Waals surface area contributed by atoms with Crippen LogP contribution >= 0.6 is 0 Å². The third kappa shape index (κ3) is 2.32. The van der Waals surface area contributed by atoms with Crippen LogP contribution in [-0.2, 0) is 0 Å². The van der Waals surface area contributed by atoms with Gasteiger partial charge in [-0.2, -0.15) is 0 Å². The van der Waals surface area contributed by atoms with Crippen molar-refractivity contribution in [1.82, 2.24) is 0 Å². The summed E-state index contributed by atoms with van der Waals surface area (Å²) in [7, 11) is 0. The van der Waals surface area contributed by atoms with Gasteiger partial charge in [-0.15, -0.1) is 0 Å². The molecular formula is C15H13F2NO2. The Morgan fingerprint density at radius 2 is 1.70 bits per heavy atom. The summed E-state index contributed by atoms with van der Waals surface area (Å²) in [4.78, 5) is 0. The number of ether oxygens (including phenoxy) is 2. The van der Waals surface area contributed by atoms with Crippen molar-refractivity contribution in [2.24, 2.45) is 5.73 Å². The molecule has 0 radical (unpaired) electrons. The van der Waals surface area contributed by atoms with Crippen molar-refractivity contribution < 1.29 is 18.3 Å². The topological polar surface area (TPSA) is 44.5 Å². The van der Waals surface area contributed by atoms with Gasteiger partial charge in [-0.3, -0.25) is 0 Å². The maximum Gasteiger partial charge on any atom is 0.161 e. The third-order valence-electron chi connectivity index (χ3n) is 3.22. The Balaban J connectivity index is 1.95. The lowest BCUT2D eigenvalue weighted by atomic mass is 9.98. The Labute approximate surface area is 114 Å². The Kier molecular flexibility index (Phi) is 3.28. The second kappa shape index (κ2) is 5.09. The first-order valence-electron chi connectivity index (χ1n) is 6.25. The highest BCUT2D eigenvalue weighted by Crippen LogP contribution is 2.34. The maximum atomic E-state index is 13.7. The molecule has 1 unspecified atom stereocenters. The van der Waals surface area contributed by atoms with E-state index < -0.39 is 17.7 Å². The molecule has 0 saturated carbocycles. The Bertz CT molecular complexity index is 646. The number of fused-ring (bicyclic) bond motifs is 1. The Morgan fingerprint density at radius 1 is 0.950 bits per heavy atom. The van der Waals surface area contributed by atoms with Gasteiger partial charge in [-0.25, -0.2) is 8.78 Å². The fraction of sp³-hybridized carbons (Fsp3) is 0.200. The highest BCUT2D eigenvalue weighted by atomic mass is 19.1. The highest BCUT2D eigenvalue weighted by molar-refractivity contribution is 5.46. The predicted molar refractivity (Wildman–Crippen MR) is 69.8 cm³/mol. The number of rotatable bonds is 2. The average molecular weight is 277 g/mol. The SMILES string of the molecule is NC(c1ccc2c(c1)OCCO2)c1ccc(F)cc1F. The molecule has 2 aromatic rings. The van der Waals surface area contributed by atoms with Crippen LogP contribution in [0.1, 0.15) is 17.2 Å². The molecule has 20 heavy (non-hydrogen) atoms. The fourth-order valence-electron chi connectivity index (χ4n) is 2.19. The lowest BCUT2D eigenvalue weighted by Crippen LogP contribution is -2.17. The van der Waals surface area contributed by atoms with E-state index in [9.17, 15) is 8.78 Å². The van der Waals surface area contributed by atoms with Gasteiger partial charge in [-0.05, 0) is 23.8 Å². The zero-order valence-electron chi connectivity index (χ0n) is 10.6. The summed E-state index contributed by atoms with van der Waals surface area (Å²) in [5.41, 5.74) is 6.96. The van der Waals surface area contributed by atoms with Crippen molar-refractivity contribution in [3.8, 4) is 11.5 Å².